The first kappa shape index (κ1) is 17.8. The van der Waals surface area contributed by atoms with Crippen LogP contribution in [0.15, 0.2) is 28.7 Å². The molecule has 3 rings (SSSR count). The van der Waals surface area contributed by atoms with E-state index in [4.69, 9.17) is 5.73 Å². The molecule has 3 N–H and O–H groups in total. The molecule has 0 spiro atoms. The Morgan fingerprint density at radius 2 is 1.91 bits per heavy atom. The minimum absolute atomic E-state index is 0. The van der Waals surface area contributed by atoms with Gasteiger partial charge in [0.2, 0.25) is 5.91 Å². The van der Waals surface area contributed by atoms with Crippen LogP contribution in [-0.4, -0.2) is 11.9 Å². The quantitative estimate of drug-likeness (QED) is 0.823. The van der Waals surface area contributed by atoms with Crippen LogP contribution >= 0.6 is 28.3 Å². The maximum absolute atomic E-state index is 12.4. The standard InChI is InChI=1S/C17H23BrN2O.ClH/c18-14-7-5-13(6-8-14)17(9-2-10-17)20-16(21)11-12-3-1-4-15(12)19;/h5-8,12,15H,1-4,9-11,19H2,(H,20,21);1H/t12-,15+;/m0./s1. The Kier molecular flexibility index (Phi) is 5.92. The summed E-state index contributed by atoms with van der Waals surface area (Å²) in [6, 6.07) is 8.54. The van der Waals surface area contributed by atoms with Crippen molar-refractivity contribution in [3.05, 3.63) is 34.3 Å². The van der Waals surface area contributed by atoms with Gasteiger partial charge in [-0.1, -0.05) is 34.5 Å². The van der Waals surface area contributed by atoms with Gasteiger partial charge >= 0.3 is 0 Å². The highest BCUT2D eigenvalue weighted by molar-refractivity contribution is 9.10. The van der Waals surface area contributed by atoms with Gasteiger partial charge in [-0.25, -0.2) is 0 Å². The first-order valence-corrected chi connectivity index (χ1v) is 8.71. The molecule has 0 radical (unpaired) electrons. The highest BCUT2D eigenvalue weighted by atomic mass is 79.9. The van der Waals surface area contributed by atoms with E-state index < -0.39 is 0 Å². The van der Waals surface area contributed by atoms with E-state index in [1.54, 1.807) is 0 Å². The summed E-state index contributed by atoms with van der Waals surface area (Å²) in [5, 5.41) is 3.30. The molecule has 5 heteroatoms. The SMILES string of the molecule is Cl.N[C@@H]1CCC[C@H]1CC(=O)NC1(c2ccc(Br)cc2)CCC1. The van der Waals surface area contributed by atoms with E-state index in [1.165, 1.54) is 12.0 Å². The topological polar surface area (TPSA) is 55.1 Å². The van der Waals surface area contributed by atoms with E-state index in [-0.39, 0.29) is 29.9 Å². The second-order valence-electron chi connectivity index (χ2n) is 6.55. The number of carbonyl (C=O) groups excluding carboxylic acids is 1. The highest BCUT2D eigenvalue weighted by Crippen LogP contribution is 2.42. The van der Waals surface area contributed by atoms with Crippen LogP contribution in [0.5, 0.6) is 0 Å². The van der Waals surface area contributed by atoms with Gasteiger partial charge in [0.25, 0.3) is 0 Å². The van der Waals surface area contributed by atoms with E-state index in [0.717, 1.165) is 36.6 Å². The Hall–Kier alpha value is -0.580. The summed E-state index contributed by atoms with van der Waals surface area (Å²) < 4.78 is 1.07. The molecule has 2 saturated carbocycles. The van der Waals surface area contributed by atoms with Crippen LogP contribution < -0.4 is 11.1 Å². The summed E-state index contributed by atoms with van der Waals surface area (Å²) in [5.41, 5.74) is 7.16. The number of hydrogen-bond acceptors (Lipinski definition) is 2. The van der Waals surface area contributed by atoms with E-state index in [1.807, 2.05) is 0 Å². The summed E-state index contributed by atoms with van der Waals surface area (Å²) in [4.78, 5) is 12.4. The van der Waals surface area contributed by atoms with E-state index in [9.17, 15) is 4.79 Å². The molecule has 0 heterocycles. The normalized spacial score (nSPS) is 25.9. The lowest BCUT2D eigenvalue weighted by Gasteiger charge is -2.43. The molecule has 0 aromatic heterocycles. The zero-order valence-electron chi connectivity index (χ0n) is 12.7. The smallest absolute Gasteiger partial charge is 0.221 e. The van der Waals surface area contributed by atoms with E-state index in [0.29, 0.717) is 12.3 Å². The Bertz CT molecular complexity index is 516. The summed E-state index contributed by atoms with van der Waals surface area (Å²) in [7, 11) is 0. The van der Waals surface area contributed by atoms with Gasteiger partial charge in [-0.15, -0.1) is 12.4 Å². The van der Waals surface area contributed by atoms with E-state index in [2.05, 4.69) is 45.5 Å². The summed E-state index contributed by atoms with van der Waals surface area (Å²) in [6.07, 6.45) is 7.17. The zero-order chi connectivity index (χ0) is 14.9. The fourth-order valence-corrected chi connectivity index (χ4v) is 3.92. The van der Waals surface area contributed by atoms with Gasteiger partial charge in [-0.3, -0.25) is 4.79 Å². The molecule has 0 saturated heterocycles. The Morgan fingerprint density at radius 1 is 1.23 bits per heavy atom. The first-order valence-electron chi connectivity index (χ1n) is 7.92. The third-order valence-electron chi connectivity index (χ3n) is 5.15. The molecule has 2 aliphatic rings. The van der Waals surface area contributed by atoms with Crippen LogP contribution in [0.3, 0.4) is 0 Å². The molecule has 1 amide bonds. The van der Waals surface area contributed by atoms with Crippen molar-refractivity contribution >= 4 is 34.2 Å². The second kappa shape index (κ2) is 7.33. The number of rotatable bonds is 4. The lowest BCUT2D eigenvalue weighted by molar-refractivity contribution is -0.125. The molecule has 22 heavy (non-hydrogen) atoms. The maximum atomic E-state index is 12.4. The predicted molar refractivity (Wildman–Crippen MR) is 95.0 cm³/mol. The van der Waals surface area contributed by atoms with Crippen molar-refractivity contribution in [1.29, 1.82) is 0 Å². The monoisotopic (exact) mass is 386 g/mol. The number of amides is 1. The highest BCUT2D eigenvalue weighted by Gasteiger charge is 2.40. The van der Waals surface area contributed by atoms with Gasteiger partial charge in [0.05, 0.1) is 5.54 Å². The van der Waals surface area contributed by atoms with Crippen molar-refractivity contribution in [2.45, 2.75) is 56.5 Å². The van der Waals surface area contributed by atoms with Gasteiger partial charge in [0.15, 0.2) is 0 Å². The number of halogens is 2. The molecule has 0 aliphatic heterocycles. The molecular formula is C17H24BrClN2O. The van der Waals surface area contributed by atoms with Gasteiger partial charge in [-0.05, 0) is 55.7 Å². The molecule has 0 bridgehead atoms. The number of nitrogens with two attached hydrogens (primary N) is 1. The van der Waals surface area contributed by atoms with Crippen molar-refractivity contribution in [2.75, 3.05) is 0 Å². The third kappa shape index (κ3) is 3.66. The van der Waals surface area contributed by atoms with E-state index >= 15 is 0 Å². The second-order valence-corrected chi connectivity index (χ2v) is 7.47. The molecule has 1 aromatic carbocycles. The van der Waals surface area contributed by atoms with Crippen LogP contribution in [0.25, 0.3) is 0 Å². The van der Waals surface area contributed by atoms with Crippen LogP contribution in [0.4, 0.5) is 0 Å². The van der Waals surface area contributed by atoms with Gasteiger partial charge in [0, 0.05) is 16.9 Å². The number of nitrogens with one attached hydrogen (secondary N) is 1. The third-order valence-corrected chi connectivity index (χ3v) is 5.68. The Morgan fingerprint density at radius 3 is 2.41 bits per heavy atom. The Labute approximate surface area is 147 Å². The van der Waals surface area contributed by atoms with Crippen molar-refractivity contribution in [3.63, 3.8) is 0 Å². The summed E-state index contributed by atoms with van der Waals surface area (Å²) in [5.74, 6) is 0.534. The van der Waals surface area contributed by atoms with Crippen molar-refractivity contribution in [1.82, 2.24) is 5.32 Å². The van der Waals surface area contributed by atoms with Crippen LogP contribution in [0.1, 0.15) is 50.5 Å². The lowest BCUT2D eigenvalue weighted by atomic mass is 9.71. The summed E-state index contributed by atoms with van der Waals surface area (Å²) in [6.45, 7) is 0. The van der Waals surface area contributed by atoms with Gasteiger partial charge in [-0.2, -0.15) is 0 Å². The van der Waals surface area contributed by atoms with Gasteiger partial charge < -0.3 is 11.1 Å². The number of benzene rings is 1. The molecule has 2 aliphatic carbocycles. The molecule has 2 atom stereocenters. The average molecular weight is 388 g/mol. The maximum Gasteiger partial charge on any atom is 0.221 e. The van der Waals surface area contributed by atoms with Crippen molar-refractivity contribution in [3.8, 4) is 0 Å². The molecule has 0 unspecified atom stereocenters. The van der Waals surface area contributed by atoms with Crippen molar-refractivity contribution < 1.29 is 4.79 Å². The molecular weight excluding hydrogens is 364 g/mol. The molecule has 1 aromatic rings. The zero-order valence-corrected chi connectivity index (χ0v) is 15.1. The molecule has 122 valence electrons. The minimum Gasteiger partial charge on any atom is -0.347 e. The lowest BCUT2D eigenvalue weighted by Crippen LogP contribution is -2.51. The fourth-order valence-electron chi connectivity index (χ4n) is 3.66. The Balaban J connectivity index is 0.00000176. The molecule has 3 nitrogen and oxygen atoms in total. The van der Waals surface area contributed by atoms with Crippen molar-refractivity contribution in [2.24, 2.45) is 11.7 Å². The van der Waals surface area contributed by atoms with Crippen LogP contribution in [0, 0.1) is 5.92 Å². The fraction of sp³-hybridized carbons (Fsp3) is 0.588. The van der Waals surface area contributed by atoms with Crippen LogP contribution in [-0.2, 0) is 10.3 Å². The van der Waals surface area contributed by atoms with Crippen LogP contribution in [0.2, 0.25) is 0 Å². The number of hydrogen-bond donors (Lipinski definition) is 2. The van der Waals surface area contributed by atoms with Gasteiger partial charge in [0.1, 0.15) is 0 Å². The average Bonchev–Trinajstić information content (AvgIpc) is 2.81. The largest absolute Gasteiger partial charge is 0.347 e. The minimum atomic E-state index is -0.138. The summed E-state index contributed by atoms with van der Waals surface area (Å²) >= 11 is 3.47. The first-order chi connectivity index (χ1) is 10.1. The predicted octanol–water partition coefficient (Wildman–Crippen LogP) is 3.88. The molecule has 2 fully saturated rings. The number of carbonyl (C=O) groups is 1.